The largest absolute Gasteiger partial charge is 0.458 e. The highest BCUT2D eigenvalue weighted by Crippen LogP contribution is 2.51. The topological polar surface area (TPSA) is 39.1 Å². The van der Waals surface area contributed by atoms with E-state index in [9.17, 15) is 0 Å². The van der Waals surface area contributed by atoms with Crippen molar-refractivity contribution in [1.82, 2.24) is 4.57 Å². The fourth-order valence-electron chi connectivity index (χ4n) is 18.5. The molecule has 9 heteroatoms. The maximum absolute atomic E-state index is 7.73. The van der Waals surface area contributed by atoms with E-state index >= 15 is 0 Å². The van der Waals surface area contributed by atoms with Crippen LogP contribution in [0.3, 0.4) is 0 Å². The van der Waals surface area contributed by atoms with E-state index in [0.29, 0.717) is 0 Å². The molecule has 96 heavy (non-hydrogen) atoms. The number of aromatic nitrogens is 1. The predicted octanol–water partition coefficient (Wildman–Crippen LogP) is 16.3. The third kappa shape index (κ3) is 7.57. The van der Waals surface area contributed by atoms with E-state index in [-0.39, 0.29) is 20.1 Å². The molecule has 7 heterocycles. The fourth-order valence-corrected chi connectivity index (χ4v) is 18.5. The minimum atomic E-state index is -0.299. The van der Waals surface area contributed by atoms with Gasteiger partial charge in [-0.05, 0) is 245 Å². The summed E-state index contributed by atoms with van der Waals surface area (Å²) in [5, 5.41) is 2.51. The molecule has 6 aliphatic rings. The van der Waals surface area contributed by atoms with Crippen molar-refractivity contribution < 1.29 is 14.2 Å². The van der Waals surface area contributed by atoms with E-state index in [1.54, 1.807) is 0 Å². The molecule has 1 aromatic heterocycles. The van der Waals surface area contributed by atoms with Crippen molar-refractivity contribution in [3.63, 3.8) is 0 Å². The lowest BCUT2D eigenvalue weighted by Gasteiger charge is -2.43. The summed E-state index contributed by atoms with van der Waals surface area (Å²) >= 11 is 0. The van der Waals surface area contributed by atoms with Gasteiger partial charge in [-0.2, -0.15) is 0 Å². The molecule has 0 aliphatic carbocycles. The molecule has 0 unspecified atom stereocenters. The highest BCUT2D eigenvalue weighted by molar-refractivity contribution is 7.03. The molecule has 0 bridgehead atoms. The highest BCUT2D eigenvalue weighted by Gasteiger charge is 2.50. The summed E-state index contributed by atoms with van der Waals surface area (Å²) in [4.78, 5) is 5.09. The zero-order chi connectivity index (χ0) is 64.4. The van der Waals surface area contributed by atoms with Crippen LogP contribution < -0.4 is 73.2 Å². The van der Waals surface area contributed by atoms with Gasteiger partial charge in [0, 0.05) is 68.0 Å². The lowest BCUT2D eigenvalue weighted by Crippen LogP contribution is -2.64. The first-order valence-electron chi connectivity index (χ1n) is 33.8. The van der Waals surface area contributed by atoms with Crippen molar-refractivity contribution >= 4 is 125 Å². The molecule has 0 fully saturated rings. The molecule has 6 nitrogen and oxygen atoms in total. The Kier molecular flexibility index (Phi) is 11.5. The van der Waals surface area contributed by atoms with E-state index in [4.69, 9.17) is 14.2 Å². The molecule has 6 aliphatic heterocycles. The fraction of sp³-hybridized carbons (Fsp3) is 0.103. The molecule has 0 saturated carbocycles. The van der Waals surface area contributed by atoms with Gasteiger partial charge in [0.2, 0.25) is 0 Å². The van der Waals surface area contributed by atoms with Gasteiger partial charge in [-0.1, -0.05) is 157 Å². The van der Waals surface area contributed by atoms with Crippen LogP contribution in [0.1, 0.15) is 50.1 Å². The van der Waals surface area contributed by atoms with E-state index in [2.05, 4.69) is 301 Å². The van der Waals surface area contributed by atoms with Crippen LogP contribution in [0.25, 0.3) is 60.9 Å². The Hall–Kier alpha value is -11.1. The van der Waals surface area contributed by atoms with Crippen LogP contribution in [0.5, 0.6) is 34.5 Å². The molecule has 0 atom stereocenters. The average Bonchev–Trinajstić information content (AvgIpc) is 1.19. The maximum Gasteiger partial charge on any atom is 0.260 e. The van der Waals surface area contributed by atoms with Crippen molar-refractivity contribution in [2.24, 2.45) is 0 Å². The van der Waals surface area contributed by atoms with Gasteiger partial charge >= 0.3 is 0 Å². The third-order valence-electron chi connectivity index (χ3n) is 22.1. The van der Waals surface area contributed by atoms with Crippen LogP contribution in [0.4, 0.5) is 34.1 Å². The van der Waals surface area contributed by atoms with Gasteiger partial charge in [-0.25, -0.2) is 0 Å². The monoisotopic (exact) mass is 1230 g/mol. The van der Waals surface area contributed by atoms with Crippen molar-refractivity contribution in [2.75, 3.05) is 9.80 Å². The first kappa shape index (κ1) is 55.3. The molecule has 0 saturated heterocycles. The Balaban J connectivity index is 0.889. The zero-order valence-corrected chi connectivity index (χ0v) is 55.2. The number of fused-ring (bicyclic) bond motifs is 15. The molecule has 0 spiro atoms. The van der Waals surface area contributed by atoms with Crippen molar-refractivity contribution in [1.29, 1.82) is 0 Å². The number of para-hydroxylation sites is 4. The van der Waals surface area contributed by atoms with Crippen molar-refractivity contribution in [2.45, 2.75) is 62.3 Å². The summed E-state index contributed by atoms with van der Waals surface area (Å²) in [7, 11) is 0. The summed E-state index contributed by atoms with van der Waals surface area (Å²) in [6.07, 6.45) is 0. The predicted molar refractivity (Wildman–Crippen MR) is 403 cm³/mol. The SMILES string of the molecule is Cc1cc(C)c(N2c3cc4c(cc3B3c5ccccc5Oc5cc(-c6c(C)cccc6C)cc2c53)B2c3cc5c(cc3Oc3cc(-c6c(C)cccc6C)cc(c32)O4)N(c2ccccc2)c2cc(-c3c(C)cccc3C)cc3c2B5c2cccc4c5ccccc5n-3c24)c(C)c1. The minimum absolute atomic E-state index is 0.144. The lowest BCUT2D eigenvalue weighted by atomic mass is 9.30. The summed E-state index contributed by atoms with van der Waals surface area (Å²) < 4.78 is 25.3. The molecule has 0 amide bonds. The van der Waals surface area contributed by atoms with Gasteiger partial charge in [0.05, 0.1) is 11.2 Å². The quantitative estimate of drug-likeness (QED) is 0.161. The Morgan fingerprint density at radius 1 is 0.281 bits per heavy atom. The number of rotatable bonds is 5. The van der Waals surface area contributed by atoms with E-state index in [0.717, 1.165) is 107 Å². The summed E-state index contributed by atoms with van der Waals surface area (Å²) in [5.74, 6) is 5.01. The number of hydrogen-bond donors (Lipinski definition) is 0. The second-order valence-corrected chi connectivity index (χ2v) is 27.9. The van der Waals surface area contributed by atoms with E-state index in [1.165, 1.54) is 122 Å². The average molecular weight is 1230 g/mol. The second-order valence-electron chi connectivity index (χ2n) is 27.9. The molecule has 454 valence electrons. The van der Waals surface area contributed by atoms with Gasteiger partial charge in [0.25, 0.3) is 20.1 Å². The number of hydrogen-bond acceptors (Lipinski definition) is 5. The van der Waals surface area contributed by atoms with Crippen LogP contribution in [-0.4, -0.2) is 24.7 Å². The van der Waals surface area contributed by atoms with Crippen molar-refractivity contribution in [3.05, 3.63) is 275 Å². The second kappa shape index (κ2) is 20.0. The first-order chi connectivity index (χ1) is 46.8. The zero-order valence-electron chi connectivity index (χ0n) is 55.2. The van der Waals surface area contributed by atoms with Gasteiger partial charge in [-0.3, -0.25) is 0 Å². The third-order valence-corrected chi connectivity index (χ3v) is 22.1. The molecule has 14 aromatic rings. The molecule has 0 N–H and O–H groups in total. The van der Waals surface area contributed by atoms with Gasteiger partial charge < -0.3 is 28.6 Å². The van der Waals surface area contributed by atoms with Crippen molar-refractivity contribution in [3.8, 4) is 73.6 Å². The maximum atomic E-state index is 7.73. The summed E-state index contributed by atoms with van der Waals surface area (Å²) in [6, 6.07) is 84.5. The number of anilines is 6. The van der Waals surface area contributed by atoms with Crippen LogP contribution in [-0.2, 0) is 0 Å². The number of nitrogens with zero attached hydrogens (tertiary/aromatic N) is 3. The molecule has 0 radical (unpaired) electrons. The standard InChI is InChI=1S/C87H64B3N3O3/c1-47-35-54(8)86(55(9)36-47)93-70-46-76-67(44-65(70)88-62-31-14-16-34-74(62)94-77-40-57(39-73(93)84(77)88)81-50(4)23-18-24-51(81)5)90-66-43-64-69(45-75(66)95-78-41-58(42-79(96-76)85(78)90)82-52(6)25-19-26-53(82)7)91(59-27-11-10-12-28-59)71-37-56(80-48(2)21-17-22-49(80)3)38-72-83(71)89(64)63-32-20-30-61-60-29-13-15-33-68(60)92(72)87(61)63/h10-46H,1-9H3. The molecule has 20 rings (SSSR count). The molecule has 13 aromatic carbocycles. The van der Waals surface area contributed by atoms with Crippen LogP contribution in [0, 0.1) is 62.3 Å². The van der Waals surface area contributed by atoms with E-state index < -0.39 is 0 Å². The van der Waals surface area contributed by atoms with Gasteiger partial charge in [-0.15, -0.1) is 0 Å². The Labute approximate surface area is 560 Å². The number of aryl methyl sites for hydroxylation is 9. The Morgan fingerprint density at radius 2 is 0.729 bits per heavy atom. The Morgan fingerprint density at radius 3 is 1.34 bits per heavy atom. The minimum Gasteiger partial charge on any atom is -0.458 e. The summed E-state index contributed by atoms with van der Waals surface area (Å²) in [6.45, 7) is 19.5. The molecular weight excluding hydrogens is 1170 g/mol. The molecular formula is C87H64B3N3O3. The lowest BCUT2D eigenvalue weighted by molar-refractivity contribution is 0.465. The van der Waals surface area contributed by atoms with Crippen LogP contribution in [0.2, 0.25) is 0 Å². The first-order valence-corrected chi connectivity index (χ1v) is 33.8. The highest BCUT2D eigenvalue weighted by atomic mass is 16.5. The van der Waals surface area contributed by atoms with E-state index in [1.807, 2.05) is 0 Å². The Bertz CT molecular complexity index is 5780. The summed E-state index contributed by atoms with van der Waals surface area (Å²) in [5.41, 5.74) is 38.9. The normalized spacial score (nSPS) is 13.6. The smallest absolute Gasteiger partial charge is 0.260 e. The number of benzene rings is 13. The van der Waals surface area contributed by atoms with Crippen LogP contribution in [0.15, 0.2) is 224 Å². The van der Waals surface area contributed by atoms with Gasteiger partial charge in [0.15, 0.2) is 0 Å². The van der Waals surface area contributed by atoms with Crippen LogP contribution >= 0.6 is 0 Å². The van der Waals surface area contributed by atoms with Gasteiger partial charge in [0.1, 0.15) is 34.5 Å². The number of ether oxygens (including phenoxy) is 3.